The number of aromatic amines is 1. The number of hydrogen-bond donors (Lipinski definition) is 1. The standard InChI is InChI=1S/C17H16N2O3/c1-22-13-6-4-5-12(9-13)16(11-19(20)21)15-10-18-17-8-3-2-7-14(15)17/h2-10,16,18H,11H2,1H3. The Hall–Kier alpha value is -2.82. The van der Waals surface area contributed by atoms with Crippen LogP contribution in [0.5, 0.6) is 5.75 Å². The summed E-state index contributed by atoms with van der Waals surface area (Å²) in [6.45, 7) is -0.158. The number of ether oxygens (including phenoxy) is 1. The largest absolute Gasteiger partial charge is 0.497 e. The molecule has 22 heavy (non-hydrogen) atoms. The average Bonchev–Trinajstić information content (AvgIpc) is 2.96. The number of hydrogen-bond acceptors (Lipinski definition) is 3. The van der Waals surface area contributed by atoms with Crippen molar-refractivity contribution in [1.29, 1.82) is 0 Å². The fraction of sp³-hybridized carbons (Fsp3) is 0.176. The zero-order chi connectivity index (χ0) is 15.5. The van der Waals surface area contributed by atoms with Crippen molar-refractivity contribution >= 4 is 10.9 Å². The van der Waals surface area contributed by atoms with Crippen molar-refractivity contribution in [2.45, 2.75) is 5.92 Å². The highest BCUT2D eigenvalue weighted by molar-refractivity contribution is 5.84. The molecule has 0 fully saturated rings. The fourth-order valence-corrected chi connectivity index (χ4v) is 2.77. The van der Waals surface area contributed by atoms with Gasteiger partial charge in [-0.25, -0.2) is 0 Å². The minimum absolute atomic E-state index is 0.158. The van der Waals surface area contributed by atoms with Crippen LogP contribution in [-0.2, 0) is 0 Å². The van der Waals surface area contributed by atoms with Crippen molar-refractivity contribution in [3.8, 4) is 5.75 Å². The van der Waals surface area contributed by atoms with Crippen LogP contribution in [0.15, 0.2) is 54.7 Å². The number of nitrogens with one attached hydrogen (secondary N) is 1. The lowest BCUT2D eigenvalue weighted by Crippen LogP contribution is -2.13. The summed E-state index contributed by atoms with van der Waals surface area (Å²) in [7, 11) is 1.59. The quantitative estimate of drug-likeness (QED) is 0.578. The number of nitrogens with zero attached hydrogens (tertiary/aromatic N) is 1. The first-order chi connectivity index (χ1) is 10.7. The van der Waals surface area contributed by atoms with E-state index in [1.807, 2.05) is 54.7 Å². The predicted octanol–water partition coefficient (Wildman–Crippen LogP) is 3.59. The SMILES string of the molecule is COc1cccc(C(C[N+](=O)[O-])c2c[nH]c3ccccc23)c1. The molecular formula is C17H16N2O3. The fourth-order valence-electron chi connectivity index (χ4n) is 2.77. The lowest BCUT2D eigenvalue weighted by molar-refractivity contribution is -0.481. The van der Waals surface area contributed by atoms with Crippen molar-refractivity contribution in [3.05, 3.63) is 76.0 Å². The van der Waals surface area contributed by atoms with Crippen molar-refractivity contribution in [2.24, 2.45) is 0 Å². The van der Waals surface area contributed by atoms with Gasteiger partial charge in [0.2, 0.25) is 6.54 Å². The third kappa shape index (κ3) is 2.65. The molecule has 0 aliphatic heterocycles. The van der Waals surface area contributed by atoms with Gasteiger partial charge in [0.15, 0.2) is 0 Å². The third-order valence-corrected chi connectivity index (χ3v) is 3.82. The van der Waals surface area contributed by atoms with Gasteiger partial charge in [0, 0.05) is 22.0 Å². The molecule has 0 aliphatic rings. The summed E-state index contributed by atoms with van der Waals surface area (Å²) < 4.78 is 5.24. The number of rotatable bonds is 5. The van der Waals surface area contributed by atoms with Crippen LogP contribution in [0.25, 0.3) is 10.9 Å². The summed E-state index contributed by atoms with van der Waals surface area (Å²) in [5.41, 5.74) is 2.79. The summed E-state index contributed by atoms with van der Waals surface area (Å²) in [4.78, 5) is 14.0. The Labute approximate surface area is 127 Å². The van der Waals surface area contributed by atoms with Crippen molar-refractivity contribution < 1.29 is 9.66 Å². The number of nitro groups is 1. The minimum atomic E-state index is -0.318. The van der Waals surface area contributed by atoms with Crippen LogP contribution in [0, 0.1) is 10.1 Å². The Morgan fingerprint density at radius 2 is 2.05 bits per heavy atom. The summed E-state index contributed by atoms with van der Waals surface area (Å²) in [5, 5.41) is 12.1. The molecule has 5 heteroatoms. The lowest BCUT2D eigenvalue weighted by atomic mass is 9.91. The molecule has 5 nitrogen and oxygen atoms in total. The molecule has 1 N–H and O–H groups in total. The Balaban J connectivity index is 2.11. The van der Waals surface area contributed by atoms with Crippen LogP contribution in [0.3, 0.4) is 0 Å². The average molecular weight is 296 g/mol. The molecule has 0 aliphatic carbocycles. The van der Waals surface area contributed by atoms with E-state index in [1.54, 1.807) is 7.11 Å². The molecule has 1 unspecified atom stereocenters. The van der Waals surface area contributed by atoms with Gasteiger partial charge in [-0.05, 0) is 29.3 Å². The van der Waals surface area contributed by atoms with E-state index >= 15 is 0 Å². The zero-order valence-electron chi connectivity index (χ0n) is 12.2. The van der Waals surface area contributed by atoms with Crippen LogP contribution >= 0.6 is 0 Å². The first-order valence-electron chi connectivity index (χ1n) is 7.01. The third-order valence-electron chi connectivity index (χ3n) is 3.82. The van der Waals surface area contributed by atoms with Gasteiger partial charge in [-0.1, -0.05) is 30.3 Å². The molecule has 0 saturated heterocycles. The second kappa shape index (κ2) is 5.89. The molecule has 3 rings (SSSR count). The monoisotopic (exact) mass is 296 g/mol. The van der Waals surface area contributed by atoms with Crippen LogP contribution in [0.4, 0.5) is 0 Å². The molecule has 1 aromatic heterocycles. The second-order valence-electron chi connectivity index (χ2n) is 5.13. The van der Waals surface area contributed by atoms with Gasteiger partial charge in [-0.3, -0.25) is 10.1 Å². The van der Waals surface area contributed by atoms with Gasteiger partial charge >= 0.3 is 0 Å². The number of benzene rings is 2. The van der Waals surface area contributed by atoms with Crippen molar-refractivity contribution in [1.82, 2.24) is 4.98 Å². The van der Waals surface area contributed by atoms with Crippen LogP contribution in [0.1, 0.15) is 17.0 Å². The number of aromatic nitrogens is 1. The molecule has 1 heterocycles. The van der Waals surface area contributed by atoms with Crippen LogP contribution < -0.4 is 4.74 Å². The maximum Gasteiger partial charge on any atom is 0.214 e. The normalized spacial score (nSPS) is 12.2. The van der Waals surface area contributed by atoms with E-state index in [9.17, 15) is 10.1 Å². The van der Waals surface area contributed by atoms with Crippen LogP contribution in [-0.4, -0.2) is 23.6 Å². The Morgan fingerprint density at radius 3 is 2.82 bits per heavy atom. The smallest absolute Gasteiger partial charge is 0.214 e. The minimum Gasteiger partial charge on any atom is -0.497 e. The molecule has 0 saturated carbocycles. The topological polar surface area (TPSA) is 68.2 Å². The molecule has 2 aromatic carbocycles. The zero-order valence-corrected chi connectivity index (χ0v) is 12.2. The van der Waals surface area contributed by atoms with Gasteiger partial charge in [0.05, 0.1) is 13.0 Å². The van der Waals surface area contributed by atoms with E-state index < -0.39 is 0 Å². The highest BCUT2D eigenvalue weighted by atomic mass is 16.6. The predicted molar refractivity (Wildman–Crippen MR) is 85.0 cm³/mol. The second-order valence-corrected chi connectivity index (χ2v) is 5.13. The highest BCUT2D eigenvalue weighted by Crippen LogP contribution is 2.32. The first kappa shape index (κ1) is 14.1. The van der Waals surface area contributed by atoms with Crippen molar-refractivity contribution in [2.75, 3.05) is 13.7 Å². The first-order valence-corrected chi connectivity index (χ1v) is 7.01. The van der Waals surface area contributed by atoms with Crippen LogP contribution in [0.2, 0.25) is 0 Å². The van der Waals surface area contributed by atoms with Gasteiger partial charge in [-0.2, -0.15) is 0 Å². The number of H-pyrrole nitrogens is 1. The van der Waals surface area contributed by atoms with E-state index in [0.717, 1.165) is 22.0 Å². The van der Waals surface area contributed by atoms with Gasteiger partial charge in [-0.15, -0.1) is 0 Å². The van der Waals surface area contributed by atoms with E-state index in [1.165, 1.54) is 0 Å². The maximum atomic E-state index is 11.1. The highest BCUT2D eigenvalue weighted by Gasteiger charge is 2.23. The Bertz CT molecular complexity index is 810. The summed E-state index contributed by atoms with van der Waals surface area (Å²) in [5.74, 6) is 0.381. The number of methoxy groups -OCH3 is 1. The van der Waals surface area contributed by atoms with E-state index in [2.05, 4.69) is 4.98 Å². The Morgan fingerprint density at radius 1 is 1.23 bits per heavy atom. The summed E-state index contributed by atoms with van der Waals surface area (Å²) >= 11 is 0. The lowest BCUT2D eigenvalue weighted by Gasteiger charge is -2.14. The molecule has 1 atom stereocenters. The molecule has 0 radical (unpaired) electrons. The Kier molecular flexibility index (Phi) is 3.78. The molecule has 0 bridgehead atoms. The van der Waals surface area contributed by atoms with Gasteiger partial charge in [0.25, 0.3) is 0 Å². The molecule has 3 aromatic rings. The van der Waals surface area contributed by atoms with Gasteiger partial charge in [0.1, 0.15) is 5.75 Å². The van der Waals surface area contributed by atoms with E-state index in [-0.39, 0.29) is 17.4 Å². The molecule has 0 amide bonds. The maximum absolute atomic E-state index is 11.1. The van der Waals surface area contributed by atoms with Gasteiger partial charge < -0.3 is 9.72 Å². The van der Waals surface area contributed by atoms with E-state index in [0.29, 0.717) is 5.75 Å². The molecule has 0 spiro atoms. The number of para-hydroxylation sites is 1. The molecular weight excluding hydrogens is 280 g/mol. The van der Waals surface area contributed by atoms with Crippen molar-refractivity contribution in [3.63, 3.8) is 0 Å². The molecule has 112 valence electrons. The number of fused-ring (bicyclic) bond motifs is 1. The van der Waals surface area contributed by atoms with E-state index in [4.69, 9.17) is 4.74 Å². The summed E-state index contributed by atoms with van der Waals surface area (Å²) in [6, 6.07) is 15.3. The summed E-state index contributed by atoms with van der Waals surface area (Å²) in [6.07, 6.45) is 1.86.